The fourth-order valence-corrected chi connectivity index (χ4v) is 2.79. The molecule has 18 heavy (non-hydrogen) atoms. The minimum absolute atomic E-state index is 0.0337. The molecule has 0 aromatic heterocycles. The van der Waals surface area contributed by atoms with Crippen LogP contribution < -0.4 is 9.64 Å². The first-order valence-electron chi connectivity index (χ1n) is 6.19. The minimum Gasteiger partial charge on any atom is -0.490 e. The van der Waals surface area contributed by atoms with E-state index in [-0.39, 0.29) is 12.7 Å². The lowest BCUT2D eigenvalue weighted by molar-refractivity contribution is 0.0583. The summed E-state index contributed by atoms with van der Waals surface area (Å²) in [5.74, 6) is 0.834. The zero-order valence-electron chi connectivity index (χ0n) is 10.0. The van der Waals surface area contributed by atoms with E-state index < -0.39 is 0 Å². The molecule has 0 amide bonds. The van der Waals surface area contributed by atoms with Crippen molar-refractivity contribution in [1.82, 2.24) is 0 Å². The highest BCUT2D eigenvalue weighted by Gasteiger charge is 2.32. The van der Waals surface area contributed by atoms with E-state index >= 15 is 0 Å². The van der Waals surface area contributed by atoms with Crippen molar-refractivity contribution in [3.8, 4) is 5.75 Å². The molecular weight excluding hydrogens is 254 g/mol. The molecule has 98 valence electrons. The van der Waals surface area contributed by atoms with Gasteiger partial charge in [-0.2, -0.15) is 0 Å². The number of hydrogen-bond donors (Lipinski definition) is 1. The number of nitrogens with zero attached hydrogens (tertiary/aromatic N) is 1. The predicted molar refractivity (Wildman–Crippen MR) is 69.5 cm³/mol. The second kappa shape index (κ2) is 4.96. The Hall–Kier alpha value is -0.970. The molecule has 2 aliphatic heterocycles. The van der Waals surface area contributed by atoms with Gasteiger partial charge in [0.2, 0.25) is 0 Å². The van der Waals surface area contributed by atoms with Crippen molar-refractivity contribution >= 4 is 17.3 Å². The van der Waals surface area contributed by atoms with Crippen LogP contribution in [-0.2, 0) is 4.74 Å². The summed E-state index contributed by atoms with van der Waals surface area (Å²) < 4.78 is 11.2. The topological polar surface area (TPSA) is 41.9 Å². The fourth-order valence-electron chi connectivity index (χ4n) is 2.63. The number of hydrogen-bond acceptors (Lipinski definition) is 4. The molecule has 3 rings (SSSR count). The van der Waals surface area contributed by atoms with Crippen molar-refractivity contribution < 1.29 is 14.6 Å². The Kier molecular flexibility index (Phi) is 3.33. The summed E-state index contributed by atoms with van der Waals surface area (Å²) in [6.45, 7) is 2.26. The van der Waals surface area contributed by atoms with Gasteiger partial charge in [0, 0.05) is 11.1 Å². The lowest BCUT2D eigenvalue weighted by Crippen LogP contribution is -2.41. The van der Waals surface area contributed by atoms with Crippen molar-refractivity contribution in [3.63, 3.8) is 0 Å². The molecule has 1 fully saturated rings. The Morgan fingerprint density at radius 3 is 3.11 bits per heavy atom. The zero-order valence-corrected chi connectivity index (χ0v) is 10.8. The molecule has 0 saturated carbocycles. The van der Waals surface area contributed by atoms with Crippen LogP contribution in [0.1, 0.15) is 6.42 Å². The van der Waals surface area contributed by atoms with Gasteiger partial charge >= 0.3 is 0 Å². The summed E-state index contributed by atoms with van der Waals surface area (Å²) in [7, 11) is 0. The molecule has 5 heteroatoms. The van der Waals surface area contributed by atoms with Crippen LogP contribution in [0.25, 0.3) is 0 Å². The molecule has 2 aliphatic rings. The second-order valence-corrected chi connectivity index (χ2v) is 5.12. The quantitative estimate of drug-likeness (QED) is 0.887. The van der Waals surface area contributed by atoms with E-state index in [4.69, 9.17) is 26.2 Å². The van der Waals surface area contributed by atoms with Crippen LogP contribution in [0.5, 0.6) is 5.75 Å². The van der Waals surface area contributed by atoms with E-state index in [2.05, 4.69) is 4.90 Å². The third-order valence-corrected chi connectivity index (χ3v) is 3.76. The van der Waals surface area contributed by atoms with Crippen LogP contribution in [0.4, 0.5) is 5.69 Å². The summed E-state index contributed by atoms with van der Waals surface area (Å²) in [6.07, 6.45) is 0.826. The van der Waals surface area contributed by atoms with Gasteiger partial charge in [-0.3, -0.25) is 0 Å². The van der Waals surface area contributed by atoms with Crippen LogP contribution >= 0.6 is 11.6 Å². The summed E-state index contributed by atoms with van der Waals surface area (Å²) in [5.41, 5.74) is 1.07. The van der Waals surface area contributed by atoms with Crippen LogP contribution in [0.15, 0.2) is 18.2 Å². The monoisotopic (exact) mass is 269 g/mol. The first kappa shape index (κ1) is 12.1. The van der Waals surface area contributed by atoms with Crippen LogP contribution in [0, 0.1) is 0 Å². The molecule has 1 aromatic carbocycles. The van der Waals surface area contributed by atoms with E-state index in [1.54, 1.807) is 0 Å². The minimum atomic E-state index is -0.0337. The van der Waals surface area contributed by atoms with Gasteiger partial charge in [0.05, 0.1) is 37.6 Å². The molecule has 0 radical (unpaired) electrons. The maximum absolute atomic E-state index is 9.13. The fraction of sp³-hybridized carbons (Fsp3) is 0.538. The average molecular weight is 270 g/mol. The van der Waals surface area contributed by atoms with Gasteiger partial charge in [-0.15, -0.1) is 0 Å². The van der Waals surface area contributed by atoms with E-state index in [1.165, 1.54) is 0 Å². The smallest absolute Gasteiger partial charge is 0.144 e. The van der Waals surface area contributed by atoms with E-state index in [0.717, 1.165) is 24.4 Å². The second-order valence-electron chi connectivity index (χ2n) is 4.68. The molecule has 4 nitrogen and oxygen atoms in total. The predicted octanol–water partition coefficient (Wildman–Crippen LogP) is 1.69. The van der Waals surface area contributed by atoms with Crippen molar-refractivity contribution in [1.29, 1.82) is 0 Å². The highest BCUT2D eigenvalue weighted by molar-refractivity contribution is 6.30. The summed E-state index contributed by atoms with van der Waals surface area (Å²) >= 11 is 5.97. The molecule has 0 spiro atoms. The zero-order chi connectivity index (χ0) is 12.5. The van der Waals surface area contributed by atoms with Gasteiger partial charge in [-0.05, 0) is 18.6 Å². The van der Waals surface area contributed by atoms with Crippen molar-refractivity contribution in [2.24, 2.45) is 0 Å². The number of benzene rings is 1. The molecule has 0 unspecified atom stereocenters. The largest absolute Gasteiger partial charge is 0.490 e. The summed E-state index contributed by atoms with van der Waals surface area (Å²) in [6, 6.07) is 6.03. The standard InChI is InChI=1S/C13H16ClNO3/c14-9-1-2-12-13(5-9)17-4-3-15(12)10-6-11(7-16)18-8-10/h1-2,5,10-11,16H,3-4,6-8H2/t10-,11-/m0/s1. The first-order valence-corrected chi connectivity index (χ1v) is 6.57. The number of rotatable bonds is 2. The molecule has 1 N–H and O–H groups in total. The highest BCUT2D eigenvalue weighted by atomic mass is 35.5. The summed E-state index contributed by atoms with van der Waals surface area (Å²) in [5, 5.41) is 9.81. The van der Waals surface area contributed by atoms with Gasteiger partial charge in [-0.1, -0.05) is 11.6 Å². The van der Waals surface area contributed by atoms with Crippen LogP contribution in [0.2, 0.25) is 5.02 Å². The van der Waals surface area contributed by atoms with Gasteiger partial charge in [0.15, 0.2) is 0 Å². The Morgan fingerprint density at radius 1 is 1.44 bits per heavy atom. The van der Waals surface area contributed by atoms with Crippen molar-refractivity contribution in [2.75, 3.05) is 31.3 Å². The maximum Gasteiger partial charge on any atom is 0.144 e. The molecular formula is C13H16ClNO3. The molecule has 1 saturated heterocycles. The number of ether oxygens (including phenoxy) is 2. The third-order valence-electron chi connectivity index (χ3n) is 3.52. The number of halogens is 1. The maximum atomic E-state index is 9.13. The Balaban J connectivity index is 1.83. The normalized spacial score (nSPS) is 26.9. The number of fused-ring (bicyclic) bond motifs is 1. The SMILES string of the molecule is OC[C@@H]1C[C@H](N2CCOc3cc(Cl)ccc32)CO1. The number of aliphatic hydroxyl groups excluding tert-OH is 1. The summed E-state index contributed by atoms with van der Waals surface area (Å²) in [4.78, 5) is 2.30. The average Bonchev–Trinajstić information content (AvgIpc) is 2.86. The van der Waals surface area contributed by atoms with Gasteiger partial charge in [0.25, 0.3) is 0 Å². The van der Waals surface area contributed by atoms with E-state index in [0.29, 0.717) is 24.3 Å². The van der Waals surface area contributed by atoms with Gasteiger partial charge in [0.1, 0.15) is 12.4 Å². The number of aliphatic hydroxyl groups is 1. The molecule has 1 aromatic rings. The third kappa shape index (κ3) is 2.16. The number of anilines is 1. The lowest BCUT2D eigenvalue weighted by Gasteiger charge is -2.35. The van der Waals surface area contributed by atoms with E-state index in [9.17, 15) is 0 Å². The van der Waals surface area contributed by atoms with Crippen LogP contribution in [-0.4, -0.2) is 43.6 Å². The van der Waals surface area contributed by atoms with E-state index in [1.807, 2.05) is 18.2 Å². The molecule has 2 atom stereocenters. The first-order chi connectivity index (χ1) is 8.78. The van der Waals surface area contributed by atoms with Gasteiger partial charge < -0.3 is 19.5 Å². The van der Waals surface area contributed by atoms with Crippen molar-refractivity contribution in [2.45, 2.75) is 18.6 Å². The van der Waals surface area contributed by atoms with Crippen LogP contribution in [0.3, 0.4) is 0 Å². The Morgan fingerprint density at radius 2 is 2.33 bits per heavy atom. The highest BCUT2D eigenvalue weighted by Crippen LogP contribution is 2.36. The molecule has 0 bridgehead atoms. The Labute approximate surface area is 111 Å². The van der Waals surface area contributed by atoms with Crippen molar-refractivity contribution in [3.05, 3.63) is 23.2 Å². The lowest BCUT2D eigenvalue weighted by atomic mass is 10.1. The molecule has 2 heterocycles. The Bertz CT molecular complexity index is 440. The van der Waals surface area contributed by atoms with Gasteiger partial charge in [-0.25, -0.2) is 0 Å². The molecule has 0 aliphatic carbocycles.